The molecule has 0 unspecified atom stereocenters. The number of ether oxygens (including phenoxy) is 3. The molecule has 0 aromatic carbocycles. The van der Waals surface area contributed by atoms with Crippen molar-refractivity contribution >= 4 is 17.8 Å². The Morgan fingerprint density at radius 1 is 1.33 bits per heavy atom. The zero-order chi connectivity index (χ0) is 15.8. The van der Waals surface area contributed by atoms with E-state index >= 15 is 0 Å². The maximum atomic E-state index is 11.7. The number of anilines is 1. The molecule has 0 amide bonds. The van der Waals surface area contributed by atoms with Crippen molar-refractivity contribution in [2.24, 2.45) is 0 Å². The third-order valence-electron chi connectivity index (χ3n) is 2.28. The van der Waals surface area contributed by atoms with Gasteiger partial charge in [0.15, 0.2) is 5.82 Å². The van der Waals surface area contributed by atoms with Crippen molar-refractivity contribution in [2.75, 3.05) is 25.6 Å². The summed E-state index contributed by atoms with van der Waals surface area (Å²) < 4.78 is 16.0. The molecule has 0 radical (unpaired) electrons. The molecule has 1 rings (SSSR count). The van der Waals surface area contributed by atoms with Crippen molar-refractivity contribution in [3.05, 3.63) is 5.69 Å². The summed E-state index contributed by atoms with van der Waals surface area (Å²) in [5.41, 5.74) is 5.59. The molecule has 0 saturated carbocycles. The van der Waals surface area contributed by atoms with Crippen LogP contribution in [0.1, 0.15) is 31.3 Å². The average molecular weight is 300 g/mol. The van der Waals surface area contributed by atoms with Crippen molar-refractivity contribution in [2.45, 2.75) is 33.4 Å². The maximum absolute atomic E-state index is 11.7. The van der Waals surface area contributed by atoms with Gasteiger partial charge in [-0.2, -0.15) is 0 Å². The van der Waals surface area contributed by atoms with E-state index in [9.17, 15) is 9.59 Å². The van der Waals surface area contributed by atoms with Gasteiger partial charge in [0.1, 0.15) is 13.2 Å². The van der Waals surface area contributed by atoms with Gasteiger partial charge in [-0.3, -0.25) is 4.79 Å². The van der Waals surface area contributed by atoms with Crippen LogP contribution in [0.25, 0.3) is 0 Å². The Labute approximate surface area is 122 Å². The van der Waals surface area contributed by atoms with E-state index < -0.39 is 11.9 Å². The second-order valence-electron chi connectivity index (χ2n) is 4.35. The summed E-state index contributed by atoms with van der Waals surface area (Å²) in [5, 5.41) is 7.25. The minimum Gasteiger partial charge on any atom is -0.462 e. The van der Waals surface area contributed by atoms with Crippen LogP contribution in [0, 0.1) is 0 Å². The fourth-order valence-electron chi connectivity index (χ4n) is 1.38. The minimum atomic E-state index is -0.682. The molecule has 0 fully saturated rings. The Morgan fingerprint density at radius 2 is 2.05 bits per heavy atom. The second kappa shape index (κ2) is 8.20. The van der Waals surface area contributed by atoms with Crippen LogP contribution >= 0.6 is 0 Å². The van der Waals surface area contributed by atoms with E-state index in [-0.39, 0.29) is 30.8 Å². The van der Waals surface area contributed by atoms with E-state index in [0.29, 0.717) is 13.2 Å². The normalized spacial score (nSPS) is 10.7. The van der Waals surface area contributed by atoms with Gasteiger partial charge in [-0.25, -0.2) is 9.48 Å². The van der Waals surface area contributed by atoms with E-state index in [1.54, 1.807) is 13.8 Å². The first-order valence-electron chi connectivity index (χ1n) is 6.59. The molecule has 9 nitrogen and oxygen atoms in total. The molecule has 0 spiro atoms. The summed E-state index contributed by atoms with van der Waals surface area (Å²) in [6.07, 6.45) is -0.300. The van der Waals surface area contributed by atoms with E-state index in [1.165, 1.54) is 0 Å². The number of aromatic nitrogens is 3. The summed E-state index contributed by atoms with van der Waals surface area (Å²) >= 11 is 0. The number of esters is 2. The number of carbonyl (C=O) groups is 2. The van der Waals surface area contributed by atoms with E-state index in [1.807, 2.05) is 6.92 Å². The molecular formula is C12H20N4O5. The number of carbonyl (C=O) groups excluding carboxylic acids is 2. The molecule has 9 heteroatoms. The summed E-state index contributed by atoms with van der Waals surface area (Å²) in [4.78, 5) is 23.2. The number of hydrogen-bond acceptors (Lipinski definition) is 8. The first-order chi connectivity index (χ1) is 9.95. The Balaban J connectivity index is 2.55. The zero-order valence-corrected chi connectivity index (χ0v) is 12.4. The molecular weight excluding hydrogens is 280 g/mol. The van der Waals surface area contributed by atoms with Crippen molar-refractivity contribution in [1.29, 1.82) is 0 Å². The molecule has 1 aromatic heterocycles. The van der Waals surface area contributed by atoms with Gasteiger partial charge in [0.25, 0.3) is 0 Å². The van der Waals surface area contributed by atoms with Crippen molar-refractivity contribution < 1.29 is 23.8 Å². The van der Waals surface area contributed by atoms with Gasteiger partial charge in [-0.1, -0.05) is 5.21 Å². The van der Waals surface area contributed by atoms with Crippen LogP contribution in [0.2, 0.25) is 0 Å². The summed E-state index contributed by atoms with van der Waals surface area (Å²) in [6.45, 7) is 6.03. The first kappa shape index (κ1) is 16.9. The molecule has 0 saturated heterocycles. The van der Waals surface area contributed by atoms with Crippen molar-refractivity contribution in [3.8, 4) is 0 Å². The minimum absolute atomic E-state index is 0.0394. The molecule has 1 heterocycles. The molecule has 0 atom stereocenters. The van der Waals surface area contributed by atoms with Gasteiger partial charge in [0, 0.05) is 6.61 Å². The first-order valence-corrected chi connectivity index (χ1v) is 6.59. The molecule has 118 valence electrons. The maximum Gasteiger partial charge on any atom is 0.363 e. The molecule has 0 aliphatic heterocycles. The van der Waals surface area contributed by atoms with Gasteiger partial charge < -0.3 is 19.9 Å². The topological polar surface area (TPSA) is 119 Å². The van der Waals surface area contributed by atoms with E-state index in [2.05, 4.69) is 10.3 Å². The van der Waals surface area contributed by atoms with Crippen LogP contribution in [-0.2, 0) is 25.5 Å². The molecule has 1 aromatic rings. The van der Waals surface area contributed by atoms with Crippen molar-refractivity contribution in [1.82, 2.24) is 15.0 Å². The van der Waals surface area contributed by atoms with E-state index in [4.69, 9.17) is 19.9 Å². The number of rotatable bonds is 8. The van der Waals surface area contributed by atoms with Gasteiger partial charge in [-0.15, -0.1) is 5.10 Å². The SMILES string of the molecule is CCOCCOC(=O)Cn1nnc(C(=O)OC(C)C)c1N. The molecule has 0 bridgehead atoms. The van der Waals surface area contributed by atoms with Crippen molar-refractivity contribution in [3.63, 3.8) is 0 Å². The Kier molecular flexibility index (Phi) is 6.60. The summed E-state index contributed by atoms with van der Waals surface area (Å²) in [6, 6.07) is 0. The Hall–Kier alpha value is -2.16. The highest BCUT2D eigenvalue weighted by atomic mass is 16.6. The van der Waals surface area contributed by atoms with Gasteiger partial charge in [-0.05, 0) is 20.8 Å². The number of nitrogens with two attached hydrogens (primary N) is 1. The third kappa shape index (κ3) is 5.38. The van der Waals surface area contributed by atoms with Gasteiger partial charge in [0.05, 0.1) is 12.7 Å². The monoisotopic (exact) mass is 300 g/mol. The van der Waals surface area contributed by atoms with Crippen LogP contribution in [-0.4, -0.2) is 52.9 Å². The number of nitrogen functional groups attached to an aromatic ring is 1. The summed E-state index contributed by atoms with van der Waals surface area (Å²) in [5.74, 6) is -1.27. The fourth-order valence-corrected chi connectivity index (χ4v) is 1.38. The van der Waals surface area contributed by atoms with Crippen LogP contribution in [0.4, 0.5) is 5.82 Å². The van der Waals surface area contributed by atoms with Crippen LogP contribution in [0.15, 0.2) is 0 Å². The highest BCUT2D eigenvalue weighted by molar-refractivity contribution is 5.92. The fraction of sp³-hybridized carbons (Fsp3) is 0.667. The molecule has 2 N–H and O–H groups in total. The van der Waals surface area contributed by atoms with Crippen LogP contribution in [0.5, 0.6) is 0 Å². The Morgan fingerprint density at radius 3 is 2.67 bits per heavy atom. The van der Waals surface area contributed by atoms with Gasteiger partial charge in [0.2, 0.25) is 5.69 Å². The molecule has 0 aliphatic carbocycles. The summed E-state index contributed by atoms with van der Waals surface area (Å²) in [7, 11) is 0. The highest BCUT2D eigenvalue weighted by Crippen LogP contribution is 2.10. The smallest absolute Gasteiger partial charge is 0.363 e. The lowest BCUT2D eigenvalue weighted by Gasteiger charge is -2.07. The quantitative estimate of drug-likeness (QED) is 0.526. The average Bonchev–Trinajstić information content (AvgIpc) is 2.75. The number of nitrogens with zero attached hydrogens (tertiary/aromatic N) is 3. The standard InChI is InChI=1S/C12H20N4O5/c1-4-19-5-6-20-9(17)7-16-11(13)10(14-15-16)12(18)21-8(2)3/h8H,4-7,13H2,1-3H3. The van der Waals surface area contributed by atoms with Crippen LogP contribution in [0.3, 0.4) is 0 Å². The molecule has 21 heavy (non-hydrogen) atoms. The number of hydrogen-bond donors (Lipinski definition) is 1. The lowest BCUT2D eigenvalue weighted by molar-refractivity contribution is -0.146. The Bertz CT molecular complexity index is 486. The largest absolute Gasteiger partial charge is 0.462 e. The highest BCUT2D eigenvalue weighted by Gasteiger charge is 2.21. The molecule has 0 aliphatic rings. The lowest BCUT2D eigenvalue weighted by atomic mass is 10.4. The van der Waals surface area contributed by atoms with Crippen LogP contribution < -0.4 is 5.73 Å². The predicted molar refractivity (Wildman–Crippen MR) is 72.4 cm³/mol. The zero-order valence-electron chi connectivity index (χ0n) is 12.4. The van der Waals surface area contributed by atoms with E-state index in [0.717, 1.165) is 4.68 Å². The third-order valence-corrected chi connectivity index (χ3v) is 2.28. The predicted octanol–water partition coefficient (Wildman–Crippen LogP) is 0.00520. The second-order valence-corrected chi connectivity index (χ2v) is 4.35. The lowest BCUT2D eigenvalue weighted by Crippen LogP contribution is -2.19. The van der Waals surface area contributed by atoms with Gasteiger partial charge >= 0.3 is 11.9 Å².